The predicted octanol–water partition coefficient (Wildman–Crippen LogP) is 1.26. The molecule has 0 radical (unpaired) electrons. The summed E-state index contributed by atoms with van der Waals surface area (Å²) >= 11 is 6.08. The van der Waals surface area contributed by atoms with Crippen LogP contribution in [0.15, 0.2) is 24.5 Å². The first-order valence-corrected chi connectivity index (χ1v) is 5.28. The Morgan fingerprint density at radius 1 is 1.33 bits per heavy atom. The molecule has 0 unspecified atom stereocenters. The zero-order valence-electron chi connectivity index (χ0n) is 7.54. The molecule has 0 saturated carbocycles. The van der Waals surface area contributed by atoms with Crippen molar-refractivity contribution in [3.63, 3.8) is 0 Å². The van der Waals surface area contributed by atoms with E-state index < -0.39 is 0 Å². The largest absolute Gasteiger partial charge is 0.376 e. The van der Waals surface area contributed by atoms with E-state index in [0.29, 0.717) is 5.13 Å². The summed E-state index contributed by atoms with van der Waals surface area (Å²) < 4.78 is 0. The van der Waals surface area contributed by atoms with E-state index in [0.717, 1.165) is 10.6 Å². The second kappa shape index (κ2) is 4.28. The molecule has 5 nitrogen and oxygen atoms in total. The van der Waals surface area contributed by atoms with Gasteiger partial charge in [-0.2, -0.15) is 0 Å². The first-order chi connectivity index (χ1) is 7.25. The maximum Gasteiger partial charge on any atom is 0.212 e. The van der Waals surface area contributed by atoms with Crippen molar-refractivity contribution in [3.05, 3.63) is 24.5 Å². The fraction of sp³-hybridized carbons (Fsp3) is 0. The number of nitrogens with two attached hydrogens (primary N) is 1. The molecule has 0 aromatic carbocycles. The molecule has 3 N–H and O–H groups in total. The molecule has 0 amide bonds. The topological polar surface area (TPSA) is 76.7 Å². The Morgan fingerprint density at radius 3 is 2.73 bits per heavy atom. The van der Waals surface area contributed by atoms with Crippen molar-refractivity contribution in [2.75, 3.05) is 5.32 Å². The van der Waals surface area contributed by atoms with Gasteiger partial charge in [0, 0.05) is 18.0 Å². The Labute approximate surface area is 95.4 Å². The van der Waals surface area contributed by atoms with Crippen LogP contribution in [-0.2, 0) is 0 Å². The van der Waals surface area contributed by atoms with Crippen molar-refractivity contribution in [1.29, 1.82) is 0 Å². The van der Waals surface area contributed by atoms with Crippen LogP contribution in [0.1, 0.15) is 0 Å². The average Bonchev–Trinajstić information content (AvgIpc) is 2.67. The molecule has 0 bridgehead atoms. The highest BCUT2D eigenvalue weighted by molar-refractivity contribution is 7.80. The highest BCUT2D eigenvalue weighted by Crippen LogP contribution is 2.25. The molecule has 7 heteroatoms. The molecule has 0 spiro atoms. The van der Waals surface area contributed by atoms with Crippen LogP contribution in [0.2, 0.25) is 0 Å². The van der Waals surface area contributed by atoms with Gasteiger partial charge in [0.15, 0.2) is 5.11 Å². The lowest BCUT2D eigenvalue weighted by atomic mass is 10.3. The van der Waals surface area contributed by atoms with Crippen LogP contribution in [-0.4, -0.2) is 20.3 Å². The molecule has 2 aromatic rings. The quantitative estimate of drug-likeness (QED) is 0.766. The molecule has 76 valence electrons. The minimum Gasteiger partial charge on any atom is -0.376 e. The van der Waals surface area contributed by atoms with Gasteiger partial charge in [0.25, 0.3) is 0 Å². The number of aromatic nitrogens is 3. The summed E-state index contributed by atoms with van der Waals surface area (Å²) in [7, 11) is 0. The van der Waals surface area contributed by atoms with Gasteiger partial charge in [0.05, 0.1) is 0 Å². The fourth-order valence-corrected chi connectivity index (χ4v) is 1.91. The molecule has 0 atom stereocenters. The zero-order chi connectivity index (χ0) is 10.7. The Balaban J connectivity index is 2.24. The zero-order valence-corrected chi connectivity index (χ0v) is 9.18. The van der Waals surface area contributed by atoms with Crippen molar-refractivity contribution < 1.29 is 0 Å². The van der Waals surface area contributed by atoms with Crippen LogP contribution in [0, 0.1) is 0 Å². The molecule has 0 fully saturated rings. The highest BCUT2D eigenvalue weighted by Gasteiger charge is 2.05. The van der Waals surface area contributed by atoms with E-state index in [-0.39, 0.29) is 5.11 Å². The Kier molecular flexibility index (Phi) is 2.84. The van der Waals surface area contributed by atoms with Gasteiger partial charge in [-0.3, -0.25) is 4.98 Å². The number of nitrogens with zero attached hydrogens (tertiary/aromatic N) is 3. The van der Waals surface area contributed by atoms with Gasteiger partial charge >= 0.3 is 0 Å². The molecular formula is C8H7N5S2. The van der Waals surface area contributed by atoms with Crippen molar-refractivity contribution in [3.8, 4) is 10.6 Å². The lowest BCUT2D eigenvalue weighted by Crippen LogP contribution is -2.18. The molecule has 15 heavy (non-hydrogen) atoms. The monoisotopic (exact) mass is 237 g/mol. The number of hydrogen-bond donors (Lipinski definition) is 2. The van der Waals surface area contributed by atoms with E-state index in [2.05, 4.69) is 20.5 Å². The molecule has 2 rings (SSSR count). The lowest BCUT2D eigenvalue weighted by molar-refractivity contribution is 1.10. The number of nitrogens with one attached hydrogen (secondary N) is 1. The van der Waals surface area contributed by atoms with E-state index in [9.17, 15) is 0 Å². The first kappa shape index (κ1) is 9.94. The molecule has 0 aliphatic rings. The van der Waals surface area contributed by atoms with Gasteiger partial charge in [-0.25, -0.2) is 0 Å². The summed E-state index contributed by atoms with van der Waals surface area (Å²) in [6, 6.07) is 3.73. The highest BCUT2D eigenvalue weighted by atomic mass is 32.1. The van der Waals surface area contributed by atoms with Crippen LogP contribution in [0.5, 0.6) is 0 Å². The molecule has 0 aliphatic carbocycles. The van der Waals surface area contributed by atoms with E-state index >= 15 is 0 Å². The lowest BCUT2D eigenvalue weighted by Gasteiger charge is -1.94. The average molecular weight is 237 g/mol. The van der Waals surface area contributed by atoms with Crippen molar-refractivity contribution in [2.45, 2.75) is 0 Å². The Hall–Kier alpha value is -1.60. The SMILES string of the molecule is NC(=S)Nc1nnc(-c2ccncc2)s1. The molecule has 2 aromatic heterocycles. The van der Waals surface area contributed by atoms with E-state index in [1.54, 1.807) is 12.4 Å². The summed E-state index contributed by atoms with van der Waals surface area (Å²) in [4.78, 5) is 3.93. The van der Waals surface area contributed by atoms with Crippen LogP contribution < -0.4 is 11.1 Å². The molecule has 2 heterocycles. The second-order valence-corrected chi connectivity index (χ2v) is 4.05. The van der Waals surface area contributed by atoms with Gasteiger partial charge < -0.3 is 11.1 Å². The number of hydrogen-bond acceptors (Lipinski definition) is 5. The summed E-state index contributed by atoms with van der Waals surface area (Å²) in [6.45, 7) is 0. The van der Waals surface area contributed by atoms with Gasteiger partial charge in [-0.1, -0.05) is 11.3 Å². The minimum absolute atomic E-state index is 0.187. The Bertz CT molecular complexity index is 467. The molecule has 0 aliphatic heterocycles. The molecule has 0 saturated heterocycles. The minimum atomic E-state index is 0.187. The maximum absolute atomic E-state index is 5.32. The standard InChI is InChI=1S/C8H7N5S2/c9-7(14)11-8-13-12-6(15-8)5-1-3-10-4-2-5/h1-4H,(H3,9,11,13,14). The van der Waals surface area contributed by atoms with Crippen molar-refractivity contribution >= 4 is 33.8 Å². The van der Waals surface area contributed by atoms with Gasteiger partial charge in [-0.05, 0) is 24.4 Å². The van der Waals surface area contributed by atoms with Crippen LogP contribution in [0.3, 0.4) is 0 Å². The fourth-order valence-electron chi connectivity index (χ4n) is 0.990. The van der Waals surface area contributed by atoms with Crippen molar-refractivity contribution in [2.24, 2.45) is 5.73 Å². The van der Waals surface area contributed by atoms with Crippen LogP contribution >= 0.6 is 23.6 Å². The van der Waals surface area contributed by atoms with Gasteiger partial charge in [0.1, 0.15) is 5.01 Å². The van der Waals surface area contributed by atoms with Crippen molar-refractivity contribution in [1.82, 2.24) is 15.2 Å². The third kappa shape index (κ3) is 2.45. The number of pyridine rings is 1. The van der Waals surface area contributed by atoms with E-state index in [1.165, 1.54) is 11.3 Å². The second-order valence-electron chi connectivity index (χ2n) is 2.64. The first-order valence-electron chi connectivity index (χ1n) is 4.06. The summed E-state index contributed by atoms with van der Waals surface area (Å²) in [6.07, 6.45) is 3.41. The smallest absolute Gasteiger partial charge is 0.212 e. The Morgan fingerprint density at radius 2 is 2.07 bits per heavy atom. The third-order valence-corrected chi connectivity index (χ3v) is 2.57. The predicted molar refractivity (Wildman–Crippen MR) is 63.5 cm³/mol. The number of rotatable bonds is 2. The third-order valence-electron chi connectivity index (χ3n) is 1.58. The van der Waals surface area contributed by atoms with E-state index in [4.69, 9.17) is 18.0 Å². The maximum atomic E-state index is 5.32. The number of thiocarbonyl (C=S) groups is 1. The van der Waals surface area contributed by atoms with Gasteiger partial charge in [-0.15, -0.1) is 10.2 Å². The van der Waals surface area contributed by atoms with Crippen LogP contribution in [0.25, 0.3) is 10.6 Å². The summed E-state index contributed by atoms with van der Waals surface area (Å²) in [5.74, 6) is 0. The number of anilines is 1. The van der Waals surface area contributed by atoms with Gasteiger partial charge in [0.2, 0.25) is 5.13 Å². The molecular weight excluding hydrogens is 230 g/mol. The summed E-state index contributed by atoms with van der Waals surface area (Å²) in [5.41, 5.74) is 6.29. The van der Waals surface area contributed by atoms with Crippen LogP contribution in [0.4, 0.5) is 5.13 Å². The normalized spacial score (nSPS) is 9.87. The van der Waals surface area contributed by atoms with E-state index in [1.807, 2.05) is 12.1 Å². The summed E-state index contributed by atoms with van der Waals surface area (Å²) in [5, 5.41) is 12.2.